The molecule has 3 rings (SSSR count). The van der Waals surface area contributed by atoms with E-state index in [1.165, 1.54) is 5.56 Å². The lowest BCUT2D eigenvalue weighted by molar-refractivity contribution is 0.310. The van der Waals surface area contributed by atoms with Crippen LogP contribution in [0, 0.1) is 5.82 Å². The molecule has 2 aromatic rings. The lowest BCUT2D eigenvalue weighted by Crippen LogP contribution is -2.15. The van der Waals surface area contributed by atoms with Crippen LogP contribution in [0.15, 0.2) is 42.5 Å². The molecule has 0 bridgehead atoms. The van der Waals surface area contributed by atoms with Crippen LogP contribution < -0.4 is 15.8 Å². The first-order valence-electron chi connectivity index (χ1n) is 7.20. The Morgan fingerprint density at radius 2 is 2.05 bits per heavy atom. The van der Waals surface area contributed by atoms with Crippen LogP contribution in [0.25, 0.3) is 0 Å². The maximum Gasteiger partial charge on any atom is 0.165 e. The van der Waals surface area contributed by atoms with Crippen molar-refractivity contribution in [3.63, 3.8) is 0 Å². The predicted octanol–water partition coefficient (Wildman–Crippen LogP) is 2.55. The molecule has 2 aromatic carbocycles. The van der Waals surface area contributed by atoms with Gasteiger partial charge >= 0.3 is 0 Å². The van der Waals surface area contributed by atoms with Crippen LogP contribution in [0.4, 0.5) is 4.39 Å². The maximum atomic E-state index is 13.9. The highest BCUT2D eigenvalue weighted by Crippen LogP contribution is 2.33. The van der Waals surface area contributed by atoms with E-state index in [-0.39, 0.29) is 11.9 Å². The monoisotopic (exact) mass is 286 g/mol. The van der Waals surface area contributed by atoms with Gasteiger partial charge in [-0.05, 0) is 35.2 Å². The third-order valence-corrected chi connectivity index (χ3v) is 3.77. The van der Waals surface area contributed by atoms with Gasteiger partial charge in [-0.2, -0.15) is 0 Å². The number of halogens is 1. The number of rotatable bonds is 5. The highest BCUT2D eigenvalue weighted by molar-refractivity contribution is 5.42. The number of nitrogens with one attached hydrogen (secondary N) is 1. The van der Waals surface area contributed by atoms with Crippen LogP contribution >= 0.6 is 0 Å². The fraction of sp³-hybridized carbons (Fsp3) is 0.294. The van der Waals surface area contributed by atoms with Gasteiger partial charge in [0.05, 0.1) is 0 Å². The average Bonchev–Trinajstić information content (AvgIpc) is 2.88. The molecule has 0 saturated heterocycles. The summed E-state index contributed by atoms with van der Waals surface area (Å²) >= 11 is 0. The van der Waals surface area contributed by atoms with E-state index in [0.29, 0.717) is 25.4 Å². The maximum absolute atomic E-state index is 13.9. The second-order valence-electron chi connectivity index (χ2n) is 5.24. The van der Waals surface area contributed by atoms with Crippen LogP contribution in [0.1, 0.15) is 22.7 Å². The van der Waals surface area contributed by atoms with Crippen LogP contribution in [0.5, 0.6) is 5.75 Å². The molecule has 0 aliphatic carbocycles. The number of nitrogens with two attached hydrogens (primary N) is 1. The van der Waals surface area contributed by atoms with Gasteiger partial charge in [-0.15, -0.1) is 0 Å². The normalized spacial score (nSPS) is 16.8. The van der Waals surface area contributed by atoms with Crippen molar-refractivity contribution in [1.29, 1.82) is 0 Å². The minimum absolute atomic E-state index is 0.197. The summed E-state index contributed by atoms with van der Waals surface area (Å²) in [6, 6.07) is 13.9. The molecule has 1 aliphatic rings. The van der Waals surface area contributed by atoms with Crippen molar-refractivity contribution in [2.75, 3.05) is 13.2 Å². The Balaban J connectivity index is 1.83. The summed E-state index contributed by atoms with van der Waals surface area (Å²) in [5.41, 5.74) is 8.80. The van der Waals surface area contributed by atoms with Gasteiger partial charge in [-0.25, -0.2) is 4.39 Å². The van der Waals surface area contributed by atoms with Crippen LogP contribution in [-0.2, 0) is 13.0 Å². The summed E-state index contributed by atoms with van der Waals surface area (Å²) in [6.45, 7) is 1.40. The minimum atomic E-state index is -0.315. The molecule has 1 heterocycles. The Bertz CT molecular complexity index is 616. The molecular weight excluding hydrogens is 267 g/mol. The van der Waals surface area contributed by atoms with Crippen molar-refractivity contribution in [1.82, 2.24) is 5.32 Å². The average molecular weight is 286 g/mol. The van der Waals surface area contributed by atoms with E-state index in [4.69, 9.17) is 10.5 Å². The Morgan fingerprint density at radius 1 is 1.24 bits per heavy atom. The highest BCUT2D eigenvalue weighted by atomic mass is 19.1. The van der Waals surface area contributed by atoms with Crippen molar-refractivity contribution >= 4 is 0 Å². The zero-order chi connectivity index (χ0) is 14.7. The van der Waals surface area contributed by atoms with Gasteiger partial charge in [0, 0.05) is 19.1 Å². The molecule has 0 radical (unpaired) electrons. The second kappa shape index (κ2) is 6.24. The van der Waals surface area contributed by atoms with Gasteiger partial charge < -0.3 is 15.8 Å². The summed E-state index contributed by atoms with van der Waals surface area (Å²) in [6.07, 6.45) is 0.885. The lowest BCUT2D eigenvalue weighted by atomic mass is 9.98. The zero-order valence-electron chi connectivity index (χ0n) is 11.8. The number of fused-ring (bicyclic) bond motifs is 1. The molecule has 0 saturated carbocycles. The number of benzene rings is 2. The van der Waals surface area contributed by atoms with E-state index in [1.54, 1.807) is 6.07 Å². The van der Waals surface area contributed by atoms with Crippen molar-refractivity contribution < 1.29 is 9.13 Å². The van der Waals surface area contributed by atoms with E-state index >= 15 is 0 Å². The van der Waals surface area contributed by atoms with Gasteiger partial charge in [0.25, 0.3) is 0 Å². The van der Waals surface area contributed by atoms with Crippen molar-refractivity contribution in [3.05, 3.63) is 65.0 Å². The van der Waals surface area contributed by atoms with Crippen LogP contribution in [0.3, 0.4) is 0 Å². The Labute approximate surface area is 123 Å². The molecule has 4 heteroatoms. The first-order chi connectivity index (χ1) is 10.3. The fourth-order valence-corrected chi connectivity index (χ4v) is 2.74. The molecule has 1 unspecified atom stereocenters. The first-order valence-corrected chi connectivity index (χ1v) is 7.20. The largest absolute Gasteiger partial charge is 0.489 e. The minimum Gasteiger partial charge on any atom is -0.489 e. The molecule has 110 valence electrons. The Kier molecular flexibility index (Phi) is 4.18. The Morgan fingerprint density at radius 3 is 2.81 bits per heavy atom. The fourth-order valence-electron chi connectivity index (χ4n) is 2.74. The standard InChI is InChI=1S/C17H19FN2O/c18-15-9-13-11-20-16(8-12-4-2-1-3-5-12)14(13)10-17(15)21-7-6-19/h1-5,9-10,16,20H,6-8,11,19H2. The zero-order valence-corrected chi connectivity index (χ0v) is 11.8. The van der Waals surface area contributed by atoms with Gasteiger partial charge in [0.1, 0.15) is 6.61 Å². The summed E-state index contributed by atoms with van der Waals surface area (Å²) in [4.78, 5) is 0. The van der Waals surface area contributed by atoms with Crippen molar-refractivity contribution in [2.24, 2.45) is 5.73 Å². The third-order valence-electron chi connectivity index (χ3n) is 3.77. The molecule has 3 N–H and O–H groups in total. The van der Waals surface area contributed by atoms with Crippen LogP contribution in [0.2, 0.25) is 0 Å². The van der Waals surface area contributed by atoms with E-state index in [2.05, 4.69) is 17.4 Å². The first kappa shape index (κ1) is 14.0. The molecule has 1 aliphatic heterocycles. The molecule has 0 fully saturated rings. The molecule has 3 nitrogen and oxygen atoms in total. The summed E-state index contributed by atoms with van der Waals surface area (Å²) in [5, 5.41) is 3.43. The van der Waals surface area contributed by atoms with Crippen LogP contribution in [-0.4, -0.2) is 13.2 Å². The van der Waals surface area contributed by atoms with E-state index in [1.807, 2.05) is 24.3 Å². The van der Waals surface area contributed by atoms with Crippen molar-refractivity contribution in [3.8, 4) is 5.75 Å². The lowest BCUT2D eigenvalue weighted by Gasteiger charge is -2.14. The summed E-state index contributed by atoms with van der Waals surface area (Å²) in [7, 11) is 0. The molecule has 21 heavy (non-hydrogen) atoms. The molecule has 0 spiro atoms. The second-order valence-corrected chi connectivity index (χ2v) is 5.24. The number of ether oxygens (including phenoxy) is 1. The van der Waals surface area contributed by atoms with Crippen molar-refractivity contribution in [2.45, 2.75) is 19.0 Å². The van der Waals surface area contributed by atoms with E-state index < -0.39 is 0 Å². The molecule has 0 aromatic heterocycles. The van der Waals surface area contributed by atoms with E-state index in [0.717, 1.165) is 17.5 Å². The molecule has 0 amide bonds. The van der Waals surface area contributed by atoms with Gasteiger partial charge in [0.15, 0.2) is 11.6 Å². The molecule has 1 atom stereocenters. The van der Waals surface area contributed by atoms with Gasteiger partial charge in [-0.1, -0.05) is 30.3 Å². The Hall–Kier alpha value is -1.91. The van der Waals surface area contributed by atoms with Gasteiger partial charge in [0.2, 0.25) is 0 Å². The topological polar surface area (TPSA) is 47.3 Å². The van der Waals surface area contributed by atoms with Gasteiger partial charge in [-0.3, -0.25) is 0 Å². The summed E-state index contributed by atoms with van der Waals surface area (Å²) < 4.78 is 19.3. The SMILES string of the molecule is NCCOc1cc2c(cc1F)CNC2Cc1ccccc1. The number of hydrogen-bond acceptors (Lipinski definition) is 3. The predicted molar refractivity (Wildman–Crippen MR) is 80.7 cm³/mol. The third kappa shape index (κ3) is 3.06. The van der Waals surface area contributed by atoms with E-state index in [9.17, 15) is 4.39 Å². The number of hydrogen-bond donors (Lipinski definition) is 2. The smallest absolute Gasteiger partial charge is 0.165 e. The summed E-state index contributed by atoms with van der Waals surface area (Å²) in [5.74, 6) is -0.0228. The highest BCUT2D eigenvalue weighted by Gasteiger charge is 2.24. The molecular formula is C17H19FN2O. The quantitative estimate of drug-likeness (QED) is 0.888.